The Morgan fingerprint density at radius 1 is 1.29 bits per heavy atom. The molecule has 1 atom stereocenters. The van der Waals surface area contributed by atoms with Crippen molar-refractivity contribution in [3.05, 3.63) is 42.5 Å². The Labute approximate surface area is 127 Å². The van der Waals surface area contributed by atoms with Gasteiger partial charge >= 0.3 is 0 Å². The SMILES string of the molecule is C=CCNC(=O)c1ccc(NC(C)C2CCCCC2)cc1. The monoisotopic (exact) mass is 286 g/mol. The van der Waals surface area contributed by atoms with Gasteiger partial charge in [0.1, 0.15) is 0 Å². The first-order chi connectivity index (χ1) is 10.2. The standard InChI is InChI=1S/C18H26N2O/c1-3-13-19-18(21)16-9-11-17(12-10-16)20-14(2)15-7-5-4-6-8-15/h3,9-12,14-15,20H,1,4-8,13H2,2H3,(H,19,21). The van der Waals surface area contributed by atoms with Crippen LogP contribution in [0.2, 0.25) is 0 Å². The van der Waals surface area contributed by atoms with Gasteiger partial charge in [0, 0.05) is 23.8 Å². The summed E-state index contributed by atoms with van der Waals surface area (Å²) >= 11 is 0. The topological polar surface area (TPSA) is 41.1 Å². The summed E-state index contributed by atoms with van der Waals surface area (Å²) in [5.41, 5.74) is 1.78. The normalized spacial score (nSPS) is 17.0. The average molecular weight is 286 g/mol. The maximum absolute atomic E-state index is 11.8. The van der Waals surface area contributed by atoms with E-state index in [0.29, 0.717) is 18.2 Å². The van der Waals surface area contributed by atoms with Crippen LogP contribution in [0.5, 0.6) is 0 Å². The van der Waals surface area contributed by atoms with Crippen LogP contribution in [-0.4, -0.2) is 18.5 Å². The second-order valence-electron chi connectivity index (χ2n) is 5.91. The van der Waals surface area contributed by atoms with Gasteiger partial charge in [0.15, 0.2) is 0 Å². The van der Waals surface area contributed by atoms with Crippen molar-refractivity contribution in [3.8, 4) is 0 Å². The molecule has 0 spiro atoms. The van der Waals surface area contributed by atoms with Gasteiger partial charge in [-0.05, 0) is 49.9 Å². The maximum atomic E-state index is 11.8. The summed E-state index contributed by atoms with van der Waals surface area (Å²) in [4.78, 5) is 11.8. The largest absolute Gasteiger partial charge is 0.382 e. The van der Waals surface area contributed by atoms with Crippen LogP contribution in [0.1, 0.15) is 49.4 Å². The molecule has 0 aliphatic heterocycles. The van der Waals surface area contributed by atoms with E-state index >= 15 is 0 Å². The van der Waals surface area contributed by atoms with Crippen LogP contribution in [0.25, 0.3) is 0 Å². The van der Waals surface area contributed by atoms with Crippen molar-refractivity contribution in [2.45, 2.75) is 45.1 Å². The highest BCUT2D eigenvalue weighted by molar-refractivity contribution is 5.94. The molecule has 1 aromatic carbocycles. The molecule has 1 saturated carbocycles. The van der Waals surface area contributed by atoms with Gasteiger partial charge in [0.05, 0.1) is 0 Å². The molecule has 1 aliphatic rings. The first-order valence-corrected chi connectivity index (χ1v) is 7.96. The molecule has 3 nitrogen and oxygen atoms in total. The number of carbonyl (C=O) groups excluding carboxylic acids is 1. The molecule has 114 valence electrons. The van der Waals surface area contributed by atoms with Crippen molar-refractivity contribution in [2.24, 2.45) is 5.92 Å². The van der Waals surface area contributed by atoms with Crippen LogP contribution in [-0.2, 0) is 0 Å². The second kappa shape index (κ2) is 7.87. The van der Waals surface area contributed by atoms with Crippen LogP contribution in [0.3, 0.4) is 0 Å². The second-order valence-corrected chi connectivity index (χ2v) is 5.91. The molecule has 2 rings (SSSR count). The van der Waals surface area contributed by atoms with Gasteiger partial charge < -0.3 is 10.6 Å². The Bertz CT molecular complexity index is 461. The molecule has 0 radical (unpaired) electrons. The smallest absolute Gasteiger partial charge is 0.251 e. The number of amides is 1. The highest BCUT2D eigenvalue weighted by Gasteiger charge is 2.19. The molecular formula is C18H26N2O. The van der Waals surface area contributed by atoms with Crippen molar-refractivity contribution < 1.29 is 4.79 Å². The first-order valence-electron chi connectivity index (χ1n) is 7.96. The fourth-order valence-electron chi connectivity index (χ4n) is 3.00. The van der Waals surface area contributed by atoms with Gasteiger partial charge in [-0.25, -0.2) is 0 Å². The summed E-state index contributed by atoms with van der Waals surface area (Å²) in [6.07, 6.45) is 8.45. The lowest BCUT2D eigenvalue weighted by Gasteiger charge is -2.29. The van der Waals surface area contributed by atoms with Crippen LogP contribution in [0.4, 0.5) is 5.69 Å². The van der Waals surface area contributed by atoms with E-state index in [4.69, 9.17) is 0 Å². The van der Waals surface area contributed by atoms with Crippen LogP contribution in [0.15, 0.2) is 36.9 Å². The number of carbonyl (C=O) groups is 1. The van der Waals surface area contributed by atoms with E-state index in [2.05, 4.69) is 24.1 Å². The summed E-state index contributed by atoms with van der Waals surface area (Å²) < 4.78 is 0. The Morgan fingerprint density at radius 3 is 2.57 bits per heavy atom. The number of benzene rings is 1. The Balaban J connectivity index is 1.89. The molecule has 1 amide bonds. The minimum Gasteiger partial charge on any atom is -0.382 e. The molecule has 1 aromatic rings. The number of anilines is 1. The van der Waals surface area contributed by atoms with Gasteiger partial charge in [0.25, 0.3) is 5.91 Å². The molecule has 21 heavy (non-hydrogen) atoms. The molecule has 0 bridgehead atoms. The fraction of sp³-hybridized carbons (Fsp3) is 0.500. The predicted octanol–water partition coefficient (Wildman–Crippen LogP) is 3.98. The third-order valence-corrected chi connectivity index (χ3v) is 4.31. The van der Waals surface area contributed by atoms with Gasteiger partial charge in [0.2, 0.25) is 0 Å². The summed E-state index contributed by atoms with van der Waals surface area (Å²) in [6.45, 7) is 6.35. The fourth-order valence-corrected chi connectivity index (χ4v) is 3.00. The molecule has 1 fully saturated rings. The van der Waals surface area contributed by atoms with Crippen molar-refractivity contribution in [2.75, 3.05) is 11.9 Å². The highest BCUT2D eigenvalue weighted by Crippen LogP contribution is 2.28. The highest BCUT2D eigenvalue weighted by atomic mass is 16.1. The minimum absolute atomic E-state index is 0.0539. The van der Waals surface area contributed by atoms with Gasteiger partial charge in [-0.15, -0.1) is 6.58 Å². The zero-order valence-electron chi connectivity index (χ0n) is 12.9. The molecule has 1 unspecified atom stereocenters. The molecule has 0 aromatic heterocycles. The van der Waals surface area contributed by atoms with Crippen molar-refractivity contribution in [1.82, 2.24) is 5.32 Å². The molecule has 1 aliphatic carbocycles. The lowest BCUT2D eigenvalue weighted by atomic mass is 9.84. The number of hydrogen-bond donors (Lipinski definition) is 2. The third kappa shape index (κ3) is 4.62. The van der Waals surface area contributed by atoms with Crippen LogP contribution < -0.4 is 10.6 Å². The lowest BCUT2D eigenvalue weighted by molar-refractivity contribution is 0.0958. The van der Waals surface area contributed by atoms with Crippen molar-refractivity contribution >= 4 is 11.6 Å². The quantitative estimate of drug-likeness (QED) is 0.777. The lowest BCUT2D eigenvalue weighted by Crippen LogP contribution is -2.27. The average Bonchev–Trinajstić information content (AvgIpc) is 2.54. The molecule has 0 heterocycles. The van der Waals surface area contributed by atoms with Gasteiger partial charge in [-0.2, -0.15) is 0 Å². The maximum Gasteiger partial charge on any atom is 0.251 e. The molecular weight excluding hydrogens is 260 g/mol. The van der Waals surface area contributed by atoms with Crippen molar-refractivity contribution in [1.29, 1.82) is 0 Å². The zero-order chi connectivity index (χ0) is 15.1. The van der Waals surface area contributed by atoms with E-state index < -0.39 is 0 Å². The van der Waals surface area contributed by atoms with Crippen molar-refractivity contribution in [3.63, 3.8) is 0 Å². The van der Waals surface area contributed by atoms with E-state index in [1.165, 1.54) is 32.1 Å². The molecule has 0 saturated heterocycles. The summed E-state index contributed by atoms with van der Waals surface area (Å²) in [7, 11) is 0. The summed E-state index contributed by atoms with van der Waals surface area (Å²) in [5.74, 6) is 0.719. The predicted molar refractivity (Wildman–Crippen MR) is 88.6 cm³/mol. The minimum atomic E-state index is -0.0539. The Morgan fingerprint density at radius 2 is 1.95 bits per heavy atom. The summed E-state index contributed by atoms with van der Waals surface area (Å²) in [6, 6.07) is 8.21. The van der Waals surface area contributed by atoms with Gasteiger partial charge in [-0.3, -0.25) is 4.79 Å². The summed E-state index contributed by atoms with van der Waals surface area (Å²) in [5, 5.41) is 6.36. The van der Waals surface area contributed by atoms with E-state index in [-0.39, 0.29) is 5.91 Å². The van der Waals surface area contributed by atoms with Crippen LogP contribution >= 0.6 is 0 Å². The third-order valence-electron chi connectivity index (χ3n) is 4.31. The van der Waals surface area contributed by atoms with E-state index in [9.17, 15) is 4.79 Å². The number of rotatable bonds is 6. The van der Waals surface area contributed by atoms with E-state index in [0.717, 1.165) is 11.6 Å². The van der Waals surface area contributed by atoms with E-state index in [1.807, 2.05) is 24.3 Å². The first kappa shape index (κ1) is 15.6. The van der Waals surface area contributed by atoms with E-state index in [1.54, 1.807) is 6.08 Å². The molecule has 3 heteroatoms. The zero-order valence-corrected chi connectivity index (χ0v) is 12.9. The Kier molecular flexibility index (Phi) is 5.85. The Hall–Kier alpha value is -1.77. The van der Waals surface area contributed by atoms with Crippen LogP contribution in [0, 0.1) is 5.92 Å². The van der Waals surface area contributed by atoms with Gasteiger partial charge in [-0.1, -0.05) is 25.3 Å². The number of hydrogen-bond acceptors (Lipinski definition) is 2. The number of nitrogens with one attached hydrogen (secondary N) is 2. The molecule has 2 N–H and O–H groups in total.